The van der Waals surface area contributed by atoms with Crippen LogP contribution in [0.25, 0.3) is 10.2 Å². The molecular weight excluding hydrogens is 310 g/mol. The standard InChI is InChI=1S/C17H14N3S2/c1-10-3-5-12-14(7-10)21-16-18-17-20(9-19(12)16)13-6-4-11(2)8-15(13)22-17/h3-8H,9H2,1-2H3/q+1. The molecule has 0 bridgehead atoms. The summed E-state index contributed by atoms with van der Waals surface area (Å²) in [7, 11) is 0. The molecule has 3 heterocycles. The lowest BCUT2D eigenvalue weighted by Gasteiger charge is -2.17. The molecule has 0 N–H and O–H groups in total. The lowest BCUT2D eigenvalue weighted by atomic mass is 10.2. The van der Waals surface area contributed by atoms with Crippen LogP contribution in [0.4, 0.5) is 10.8 Å². The number of nitrogens with zero attached hydrogens (tertiary/aromatic N) is 3. The third-order valence-corrected chi connectivity index (χ3v) is 6.23. The van der Waals surface area contributed by atoms with Crippen LogP contribution in [0.1, 0.15) is 11.1 Å². The largest absolute Gasteiger partial charge is 0.387 e. The average Bonchev–Trinajstić information content (AvgIpc) is 3.00. The van der Waals surface area contributed by atoms with Crippen LogP contribution >= 0.6 is 23.1 Å². The summed E-state index contributed by atoms with van der Waals surface area (Å²) in [5, 5.41) is 2.20. The van der Waals surface area contributed by atoms with Crippen LogP contribution in [0.5, 0.6) is 0 Å². The Morgan fingerprint density at radius 3 is 2.82 bits per heavy atom. The number of hydrogen-bond acceptors (Lipinski definition) is 4. The highest BCUT2D eigenvalue weighted by molar-refractivity contribution is 8.14. The van der Waals surface area contributed by atoms with Crippen LogP contribution in [0, 0.1) is 13.8 Å². The lowest BCUT2D eigenvalue weighted by Crippen LogP contribution is -2.47. The van der Waals surface area contributed by atoms with Gasteiger partial charge in [-0.15, -0.1) is 0 Å². The van der Waals surface area contributed by atoms with E-state index in [-0.39, 0.29) is 0 Å². The van der Waals surface area contributed by atoms with E-state index < -0.39 is 0 Å². The van der Waals surface area contributed by atoms with Gasteiger partial charge in [-0.1, -0.05) is 12.1 Å². The van der Waals surface area contributed by atoms with Crippen LogP contribution in [-0.4, -0.2) is 5.17 Å². The molecule has 5 rings (SSSR count). The summed E-state index contributed by atoms with van der Waals surface area (Å²) >= 11 is 3.56. The number of anilines is 1. The predicted octanol–water partition coefficient (Wildman–Crippen LogP) is 4.38. The Hall–Kier alpha value is -1.85. The number of hydrogen-bond donors (Lipinski definition) is 0. The first kappa shape index (κ1) is 12.7. The number of thiazole rings is 1. The van der Waals surface area contributed by atoms with Gasteiger partial charge in [0.2, 0.25) is 0 Å². The molecule has 22 heavy (non-hydrogen) atoms. The Bertz CT molecular complexity index is 971. The molecule has 0 amide bonds. The van der Waals surface area contributed by atoms with Gasteiger partial charge in [-0.05, 0) is 77.3 Å². The molecule has 3 aromatic rings. The minimum absolute atomic E-state index is 0.848. The number of benzene rings is 2. The number of fused-ring (bicyclic) bond motifs is 6. The summed E-state index contributed by atoms with van der Waals surface area (Å²) in [6.07, 6.45) is 0. The molecule has 2 aliphatic rings. The predicted molar refractivity (Wildman–Crippen MR) is 93.4 cm³/mol. The third kappa shape index (κ3) is 1.69. The van der Waals surface area contributed by atoms with E-state index in [1.54, 1.807) is 23.1 Å². The first-order valence-corrected chi connectivity index (χ1v) is 8.90. The van der Waals surface area contributed by atoms with Crippen molar-refractivity contribution in [3.63, 3.8) is 0 Å². The Morgan fingerprint density at radius 2 is 1.91 bits per heavy atom. The molecule has 0 unspecified atom stereocenters. The Labute approximate surface area is 136 Å². The molecule has 0 saturated heterocycles. The first-order chi connectivity index (χ1) is 10.7. The first-order valence-electron chi connectivity index (χ1n) is 7.27. The maximum Gasteiger partial charge on any atom is 0.387 e. The molecule has 3 nitrogen and oxygen atoms in total. The molecule has 0 radical (unpaired) electrons. The van der Waals surface area contributed by atoms with Crippen LogP contribution < -0.4 is 9.47 Å². The molecule has 0 fully saturated rings. The monoisotopic (exact) mass is 324 g/mol. The van der Waals surface area contributed by atoms with Gasteiger partial charge in [0.15, 0.2) is 6.67 Å². The highest BCUT2D eigenvalue weighted by Gasteiger charge is 2.38. The van der Waals surface area contributed by atoms with Crippen LogP contribution in [0.2, 0.25) is 0 Å². The van der Waals surface area contributed by atoms with E-state index in [9.17, 15) is 0 Å². The SMILES string of the molecule is Cc1ccc2c(c1)SC1=Nc3sc4cc(C)ccc4[n+]3CN12. The summed E-state index contributed by atoms with van der Waals surface area (Å²) in [6.45, 7) is 5.13. The molecule has 2 aromatic carbocycles. The van der Waals surface area contributed by atoms with Crippen molar-refractivity contribution in [2.45, 2.75) is 25.4 Å². The van der Waals surface area contributed by atoms with Gasteiger partial charge in [-0.2, -0.15) is 4.57 Å². The molecule has 0 aliphatic carbocycles. The summed E-state index contributed by atoms with van der Waals surface area (Å²) < 4.78 is 3.63. The van der Waals surface area contributed by atoms with E-state index >= 15 is 0 Å². The van der Waals surface area contributed by atoms with Crippen LogP contribution in [0.15, 0.2) is 46.3 Å². The second-order valence-electron chi connectivity index (χ2n) is 5.82. The third-order valence-electron chi connectivity index (χ3n) is 4.15. The normalized spacial score (nSPS) is 15.5. The zero-order chi connectivity index (χ0) is 14.8. The smallest absolute Gasteiger partial charge is 0.261 e. The molecule has 108 valence electrons. The molecular formula is C17H14N3S2+. The van der Waals surface area contributed by atoms with E-state index in [1.165, 1.54) is 31.9 Å². The van der Waals surface area contributed by atoms with Crippen molar-refractivity contribution in [1.82, 2.24) is 0 Å². The zero-order valence-electron chi connectivity index (χ0n) is 12.3. The van der Waals surface area contributed by atoms with Crippen molar-refractivity contribution < 1.29 is 4.57 Å². The van der Waals surface area contributed by atoms with Gasteiger partial charge in [0, 0.05) is 4.90 Å². The quantitative estimate of drug-likeness (QED) is 0.572. The number of rotatable bonds is 0. The van der Waals surface area contributed by atoms with Gasteiger partial charge >= 0.3 is 5.13 Å². The number of amidine groups is 1. The van der Waals surface area contributed by atoms with Crippen molar-refractivity contribution in [2.24, 2.45) is 4.99 Å². The van der Waals surface area contributed by atoms with E-state index in [0.29, 0.717) is 0 Å². The molecule has 1 aromatic heterocycles. The molecule has 2 aliphatic heterocycles. The van der Waals surface area contributed by atoms with Crippen molar-refractivity contribution >= 4 is 49.3 Å². The molecule has 0 atom stereocenters. The lowest BCUT2D eigenvalue weighted by molar-refractivity contribution is -0.653. The maximum absolute atomic E-state index is 4.91. The summed E-state index contributed by atoms with van der Waals surface area (Å²) in [5.41, 5.74) is 5.16. The number of aliphatic imine (C=N–C) groups is 1. The molecule has 0 saturated carbocycles. The van der Waals surface area contributed by atoms with Crippen LogP contribution in [-0.2, 0) is 6.67 Å². The highest BCUT2D eigenvalue weighted by atomic mass is 32.2. The Kier molecular flexibility index (Phi) is 2.50. The number of aryl methyl sites for hydroxylation is 2. The van der Waals surface area contributed by atoms with Gasteiger partial charge in [0.05, 0.1) is 10.4 Å². The summed E-state index contributed by atoms with van der Waals surface area (Å²) in [5.74, 6) is 0. The Morgan fingerprint density at radius 1 is 1.09 bits per heavy atom. The second kappa shape index (κ2) is 4.33. The fraction of sp³-hybridized carbons (Fsp3) is 0.176. The van der Waals surface area contributed by atoms with Crippen LogP contribution in [0.3, 0.4) is 0 Å². The summed E-state index contributed by atoms with van der Waals surface area (Å²) in [4.78, 5) is 8.54. The second-order valence-corrected chi connectivity index (χ2v) is 7.84. The van der Waals surface area contributed by atoms with Gasteiger partial charge in [0.1, 0.15) is 5.52 Å². The van der Waals surface area contributed by atoms with E-state index in [0.717, 1.165) is 17.0 Å². The molecule has 5 heteroatoms. The van der Waals surface area contributed by atoms with Crippen molar-refractivity contribution in [3.05, 3.63) is 47.5 Å². The maximum atomic E-state index is 4.91. The van der Waals surface area contributed by atoms with Gasteiger partial charge in [-0.25, -0.2) is 0 Å². The minimum Gasteiger partial charge on any atom is -0.261 e. The van der Waals surface area contributed by atoms with Crippen molar-refractivity contribution in [2.75, 3.05) is 4.90 Å². The van der Waals surface area contributed by atoms with Crippen molar-refractivity contribution in [3.8, 4) is 0 Å². The Balaban J connectivity index is 1.69. The van der Waals surface area contributed by atoms with Gasteiger partial charge < -0.3 is 0 Å². The van der Waals surface area contributed by atoms with E-state index in [2.05, 4.69) is 59.7 Å². The van der Waals surface area contributed by atoms with Crippen molar-refractivity contribution in [1.29, 1.82) is 0 Å². The number of thioether (sulfide) groups is 1. The van der Waals surface area contributed by atoms with Gasteiger partial charge in [0.25, 0.3) is 5.17 Å². The zero-order valence-corrected chi connectivity index (χ0v) is 14.0. The topological polar surface area (TPSA) is 19.5 Å². The summed E-state index contributed by atoms with van der Waals surface area (Å²) in [6, 6.07) is 13.3. The highest BCUT2D eigenvalue weighted by Crippen LogP contribution is 2.44. The minimum atomic E-state index is 0.848. The fourth-order valence-electron chi connectivity index (χ4n) is 3.03. The average molecular weight is 324 g/mol. The van der Waals surface area contributed by atoms with E-state index in [4.69, 9.17) is 4.99 Å². The molecule has 0 spiro atoms. The number of aromatic nitrogens is 1. The fourth-order valence-corrected chi connectivity index (χ4v) is 5.33. The van der Waals surface area contributed by atoms with Gasteiger partial charge in [-0.3, -0.25) is 4.90 Å². The van der Waals surface area contributed by atoms with E-state index in [1.807, 2.05) is 0 Å².